The second-order valence-corrected chi connectivity index (χ2v) is 9.36. The summed E-state index contributed by atoms with van der Waals surface area (Å²) in [5.41, 5.74) is 3.70. The maximum absolute atomic E-state index is 15.0. The summed E-state index contributed by atoms with van der Waals surface area (Å²) in [4.78, 5) is 24.7. The first-order valence-electron chi connectivity index (χ1n) is 11.1. The number of benzene rings is 1. The molecule has 0 atom stereocenters. The van der Waals surface area contributed by atoms with Crippen LogP contribution in [0.4, 0.5) is 4.39 Å². The van der Waals surface area contributed by atoms with E-state index in [1.165, 1.54) is 6.07 Å². The number of carbonyl (C=O) groups excluding carboxylic acids is 1. The van der Waals surface area contributed by atoms with E-state index in [1.54, 1.807) is 41.3 Å². The Balaban J connectivity index is 1.36. The highest BCUT2D eigenvalue weighted by atomic mass is 19.1. The van der Waals surface area contributed by atoms with Crippen molar-refractivity contribution >= 4 is 17.1 Å². The molecule has 35 heavy (non-hydrogen) atoms. The van der Waals surface area contributed by atoms with Crippen LogP contribution in [0.3, 0.4) is 0 Å². The van der Waals surface area contributed by atoms with E-state index in [2.05, 4.69) is 30.5 Å². The zero-order valence-corrected chi connectivity index (χ0v) is 19.8. The van der Waals surface area contributed by atoms with E-state index >= 15 is 0 Å². The fraction of sp³-hybridized carbons (Fsp3) is 0.240. The van der Waals surface area contributed by atoms with Gasteiger partial charge in [-0.2, -0.15) is 5.10 Å². The Morgan fingerprint density at radius 3 is 2.71 bits per heavy atom. The molecule has 0 radical (unpaired) electrons. The number of nitrogens with one attached hydrogen (secondary N) is 2. The Morgan fingerprint density at radius 1 is 1.20 bits per heavy atom. The maximum atomic E-state index is 15.0. The van der Waals surface area contributed by atoms with E-state index in [-0.39, 0.29) is 17.7 Å². The number of imidazole rings is 1. The molecule has 1 aromatic carbocycles. The molecule has 5 aromatic rings. The fourth-order valence-electron chi connectivity index (χ4n) is 3.68. The third-order valence-electron chi connectivity index (χ3n) is 5.65. The molecule has 0 aliphatic carbocycles. The van der Waals surface area contributed by atoms with Gasteiger partial charge in [0.05, 0.1) is 11.8 Å². The minimum Gasteiger partial charge on any atom is -0.360 e. The number of amides is 1. The lowest BCUT2D eigenvalue weighted by atomic mass is 9.93. The summed E-state index contributed by atoms with van der Waals surface area (Å²) >= 11 is 0. The average molecular weight is 474 g/mol. The van der Waals surface area contributed by atoms with Crippen molar-refractivity contribution in [2.75, 3.05) is 0 Å². The number of rotatable bonds is 5. The van der Waals surface area contributed by atoms with Gasteiger partial charge in [0.15, 0.2) is 11.3 Å². The van der Waals surface area contributed by atoms with Crippen molar-refractivity contribution in [2.24, 2.45) is 7.05 Å². The van der Waals surface area contributed by atoms with Crippen molar-refractivity contribution in [1.82, 2.24) is 35.2 Å². The monoisotopic (exact) mass is 473 g/mol. The molecule has 0 aliphatic heterocycles. The summed E-state index contributed by atoms with van der Waals surface area (Å²) in [6.07, 6.45) is 5.21. The number of aromatic amines is 1. The second kappa shape index (κ2) is 8.46. The van der Waals surface area contributed by atoms with E-state index < -0.39 is 11.7 Å². The molecule has 4 heterocycles. The van der Waals surface area contributed by atoms with Gasteiger partial charge in [-0.3, -0.25) is 9.48 Å². The predicted molar refractivity (Wildman–Crippen MR) is 128 cm³/mol. The zero-order valence-electron chi connectivity index (χ0n) is 19.8. The van der Waals surface area contributed by atoms with Gasteiger partial charge in [0.2, 0.25) is 0 Å². The van der Waals surface area contributed by atoms with Gasteiger partial charge in [0.25, 0.3) is 5.91 Å². The number of hydrogen-bond donors (Lipinski definition) is 2. The normalized spacial score (nSPS) is 11.8. The standard InChI is InChI=1S/C25H24FN7O2/c1-25(2,3)20-10-19(32-35-20)24(34)28-11-15-6-5-14(9-18(15)26)17-7-8-27-23-21(17)30-22(31-23)16-12-29-33(4)13-16/h5-10,12-13H,11H2,1-4H3,(H,28,34)(H,27,30,31). The van der Waals surface area contributed by atoms with Crippen LogP contribution in [-0.2, 0) is 19.0 Å². The third-order valence-corrected chi connectivity index (χ3v) is 5.65. The molecule has 0 spiro atoms. The lowest BCUT2D eigenvalue weighted by Gasteiger charge is -2.12. The lowest BCUT2D eigenvalue weighted by molar-refractivity contribution is 0.0941. The second-order valence-electron chi connectivity index (χ2n) is 9.36. The molecule has 10 heteroatoms. The van der Waals surface area contributed by atoms with Crippen LogP contribution in [0, 0.1) is 5.82 Å². The number of nitrogens with zero attached hydrogens (tertiary/aromatic N) is 5. The first-order chi connectivity index (χ1) is 16.7. The van der Waals surface area contributed by atoms with Crippen LogP contribution in [0.5, 0.6) is 0 Å². The average Bonchev–Trinajstić information content (AvgIpc) is 3.56. The zero-order chi connectivity index (χ0) is 24.7. The topological polar surface area (TPSA) is 115 Å². The minimum absolute atomic E-state index is 0.0158. The first-order valence-corrected chi connectivity index (χ1v) is 11.1. The smallest absolute Gasteiger partial charge is 0.273 e. The molecule has 1 amide bonds. The highest BCUT2D eigenvalue weighted by Crippen LogP contribution is 2.29. The SMILES string of the molecule is Cn1cc(-c2nc3c(-c4ccc(CNC(=O)c5cc(C(C)(C)C)on5)c(F)c4)ccnc3[nH]2)cn1. The summed E-state index contributed by atoms with van der Waals surface area (Å²) in [6, 6.07) is 8.28. The number of pyridine rings is 1. The number of H-pyrrole nitrogens is 1. The van der Waals surface area contributed by atoms with Gasteiger partial charge in [0.1, 0.15) is 22.9 Å². The Kier molecular flexibility index (Phi) is 5.43. The van der Waals surface area contributed by atoms with Crippen LogP contribution in [-0.4, -0.2) is 35.8 Å². The maximum Gasteiger partial charge on any atom is 0.273 e. The van der Waals surface area contributed by atoms with Crippen molar-refractivity contribution in [3.63, 3.8) is 0 Å². The Labute approximate surface area is 200 Å². The molecule has 5 rings (SSSR count). The van der Waals surface area contributed by atoms with Crippen molar-refractivity contribution in [2.45, 2.75) is 32.7 Å². The van der Waals surface area contributed by atoms with Crippen LogP contribution >= 0.6 is 0 Å². The van der Waals surface area contributed by atoms with Gasteiger partial charge in [-0.25, -0.2) is 14.4 Å². The van der Waals surface area contributed by atoms with Gasteiger partial charge in [-0.1, -0.05) is 38.1 Å². The fourth-order valence-corrected chi connectivity index (χ4v) is 3.68. The van der Waals surface area contributed by atoms with Gasteiger partial charge in [0, 0.05) is 48.6 Å². The first kappa shape index (κ1) is 22.5. The summed E-state index contributed by atoms with van der Waals surface area (Å²) in [7, 11) is 1.83. The molecule has 0 bridgehead atoms. The van der Waals surface area contributed by atoms with Gasteiger partial charge in [-0.05, 0) is 17.7 Å². The highest BCUT2D eigenvalue weighted by Gasteiger charge is 2.22. The number of hydrogen-bond acceptors (Lipinski definition) is 6. The van der Waals surface area contributed by atoms with Crippen molar-refractivity contribution < 1.29 is 13.7 Å². The summed E-state index contributed by atoms with van der Waals surface area (Å²) in [6.45, 7) is 5.91. The van der Waals surface area contributed by atoms with Crippen LogP contribution in [0.15, 0.2) is 53.4 Å². The molecule has 4 aromatic heterocycles. The Morgan fingerprint density at radius 2 is 2.03 bits per heavy atom. The summed E-state index contributed by atoms with van der Waals surface area (Å²) in [5, 5.41) is 10.7. The van der Waals surface area contributed by atoms with Gasteiger partial charge < -0.3 is 14.8 Å². The number of aryl methyl sites for hydroxylation is 1. The molecule has 0 saturated carbocycles. The van der Waals surface area contributed by atoms with Gasteiger partial charge in [-0.15, -0.1) is 0 Å². The molecule has 9 nitrogen and oxygen atoms in total. The summed E-state index contributed by atoms with van der Waals surface area (Å²) in [5.74, 6) is 0.372. The predicted octanol–water partition coefficient (Wildman–Crippen LogP) is 4.38. The minimum atomic E-state index is -0.439. The molecule has 178 valence electrons. The third kappa shape index (κ3) is 4.42. The molecule has 0 aliphatic rings. The van der Waals surface area contributed by atoms with Crippen LogP contribution in [0.2, 0.25) is 0 Å². The molecule has 0 fully saturated rings. The van der Waals surface area contributed by atoms with Crippen LogP contribution < -0.4 is 5.32 Å². The van der Waals surface area contributed by atoms with Crippen LogP contribution in [0.1, 0.15) is 42.6 Å². The lowest BCUT2D eigenvalue weighted by Crippen LogP contribution is -2.23. The number of carbonyl (C=O) groups is 1. The summed E-state index contributed by atoms with van der Waals surface area (Å²) < 4.78 is 21.9. The molecular weight excluding hydrogens is 449 g/mol. The molecule has 0 unspecified atom stereocenters. The van der Waals surface area contributed by atoms with Gasteiger partial charge >= 0.3 is 0 Å². The van der Waals surface area contributed by atoms with E-state index in [0.29, 0.717) is 33.9 Å². The van der Waals surface area contributed by atoms with E-state index in [0.717, 1.165) is 11.1 Å². The van der Waals surface area contributed by atoms with Crippen LogP contribution in [0.25, 0.3) is 33.7 Å². The van der Waals surface area contributed by atoms with Crippen molar-refractivity contribution in [1.29, 1.82) is 0 Å². The van der Waals surface area contributed by atoms with Crippen molar-refractivity contribution in [3.8, 4) is 22.5 Å². The Hall–Kier alpha value is -4.34. The highest BCUT2D eigenvalue weighted by molar-refractivity contribution is 5.92. The molecule has 2 N–H and O–H groups in total. The largest absolute Gasteiger partial charge is 0.360 e. The number of halogens is 1. The number of aromatic nitrogens is 6. The Bertz CT molecular complexity index is 1540. The van der Waals surface area contributed by atoms with E-state index in [9.17, 15) is 9.18 Å². The van der Waals surface area contributed by atoms with E-state index in [1.807, 2.05) is 34.0 Å². The molecule has 0 saturated heterocycles. The molecular formula is C25H24FN7O2. The van der Waals surface area contributed by atoms with Crippen molar-refractivity contribution in [3.05, 3.63) is 71.8 Å². The number of fused-ring (bicyclic) bond motifs is 1. The quantitative estimate of drug-likeness (QED) is 0.392. The van der Waals surface area contributed by atoms with E-state index in [4.69, 9.17) is 4.52 Å².